The zero-order chi connectivity index (χ0) is 24.2. The van der Waals surface area contributed by atoms with Crippen molar-refractivity contribution in [2.45, 2.75) is 77.6 Å². The van der Waals surface area contributed by atoms with Gasteiger partial charge in [0.05, 0.1) is 37.6 Å². The van der Waals surface area contributed by atoms with Crippen molar-refractivity contribution < 1.29 is 33.0 Å². The lowest BCUT2D eigenvalue weighted by molar-refractivity contribution is -0.197. The van der Waals surface area contributed by atoms with Gasteiger partial charge < -0.3 is 18.6 Å². The molecule has 34 heavy (non-hydrogen) atoms. The van der Waals surface area contributed by atoms with E-state index in [9.17, 15) is 14.4 Å². The lowest BCUT2D eigenvalue weighted by Gasteiger charge is -2.60. The van der Waals surface area contributed by atoms with Gasteiger partial charge in [-0.2, -0.15) is 0 Å². The number of rotatable bonds is 3. The molecule has 0 unspecified atom stereocenters. The Morgan fingerprint density at radius 3 is 2.65 bits per heavy atom. The fourth-order valence-corrected chi connectivity index (χ4v) is 8.82. The summed E-state index contributed by atoms with van der Waals surface area (Å²) in [5.74, 6) is -1.02. The Bertz CT molecular complexity index is 1120. The third kappa shape index (κ3) is 2.39. The van der Waals surface area contributed by atoms with Gasteiger partial charge in [-0.15, -0.1) is 0 Å². The van der Waals surface area contributed by atoms with Crippen LogP contribution in [0.25, 0.3) is 0 Å². The van der Waals surface area contributed by atoms with Crippen LogP contribution in [0.1, 0.15) is 64.9 Å². The predicted molar refractivity (Wildman–Crippen MR) is 119 cm³/mol. The molecule has 1 aromatic heterocycles. The maximum Gasteiger partial charge on any atom is 0.312 e. The predicted octanol–water partition coefficient (Wildman–Crippen LogP) is 3.97. The molecule has 2 saturated carbocycles. The highest BCUT2D eigenvalue weighted by Crippen LogP contribution is 2.72. The number of carbonyl (C=O) groups is 3. The molecule has 4 fully saturated rings. The number of methoxy groups -OCH3 is 1. The Morgan fingerprint density at radius 1 is 1.21 bits per heavy atom. The van der Waals surface area contributed by atoms with Crippen molar-refractivity contribution in [2.75, 3.05) is 7.11 Å². The van der Waals surface area contributed by atoms with Gasteiger partial charge in [0, 0.05) is 29.1 Å². The number of ketones is 1. The molecule has 9 atom stereocenters. The van der Waals surface area contributed by atoms with Crippen LogP contribution in [0.4, 0.5) is 0 Å². The maximum atomic E-state index is 13.8. The highest BCUT2D eigenvalue weighted by Gasteiger charge is 2.78. The van der Waals surface area contributed by atoms with Gasteiger partial charge in [0.1, 0.15) is 18.0 Å². The van der Waals surface area contributed by atoms with E-state index in [1.165, 1.54) is 12.7 Å². The zero-order valence-electron chi connectivity index (χ0n) is 20.4. The summed E-state index contributed by atoms with van der Waals surface area (Å²) in [6, 6.07) is 1.98. The molecule has 0 radical (unpaired) electrons. The monoisotopic (exact) mass is 468 g/mol. The SMILES string of the molecule is COC(=O)C[C@@H]1[C@]2(C)C(=O)CC[C@@]3(C)C(=O)O[C@H]([C@H]23)[C@@H]2O[C@@H]3C[C@@H](c4ccoc4)C(C)=C3[C@@]12C. The Labute approximate surface area is 199 Å². The number of carbonyl (C=O) groups excluding carboxylic acids is 3. The molecule has 0 amide bonds. The first-order valence-corrected chi connectivity index (χ1v) is 12.3. The molecular formula is C27H32O7. The number of hydrogen-bond donors (Lipinski definition) is 0. The summed E-state index contributed by atoms with van der Waals surface area (Å²) in [7, 11) is 1.38. The van der Waals surface area contributed by atoms with Gasteiger partial charge in [-0.25, -0.2) is 0 Å². The number of ether oxygens (including phenoxy) is 3. The summed E-state index contributed by atoms with van der Waals surface area (Å²) in [5.41, 5.74) is 1.15. The van der Waals surface area contributed by atoms with Gasteiger partial charge in [-0.05, 0) is 49.8 Å². The van der Waals surface area contributed by atoms with Crippen molar-refractivity contribution in [3.63, 3.8) is 0 Å². The first-order valence-electron chi connectivity index (χ1n) is 12.3. The molecule has 1 aromatic rings. The van der Waals surface area contributed by atoms with Crippen molar-refractivity contribution in [1.82, 2.24) is 0 Å². The molecule has 0 N–H and O–H groups in total. The van der Waals surface area contributed by atoms with E-state index in [4.69, 9.17) is 18.6 Å². The van der Waals surface area contributed by atoms with E-state index >= 15 is 0 Å². The molecule has 2 saturated heterocycles. The Morgan fingerprint density at radius 2 is 1.97 bits per heavy atom. The molecule has 7 nitrogen and oxygen atoms in total. The van der Waals surface area contributed by atoms with Gasteiger partial charge in [0.15, 0.2) is 0 Å². The Balaban J connectivity index is 1.56. The van der Waals surface area contributed by atoms with Crippen molar-refractivity contribution in [3.05, 3.63) is 35.3 Å². The van der Waals surface area contributed by atoms with Gasteiger partial charge in [0.2, 0.25) is 0 Å². The van der Waals surface area contributed by atoms with E-state index in [0.29, 0.717) is 12.8 Å². The number of allylic oxidation sites excluding steroid dienone is 1. The minimum atomic E-state index is -0.900. The maximum absolute atomic E-state index is 13.8. The fourth-order valence-electron chi connectivity index (χ4n) is 8.82. The second-order valence-electron chi connectivity index (χ2n) is 11.6. The van der Waals surface area contributed by atoms with Gasteiger partial charge in [-0.1, -0.05) is 19.4 Å². The first kappa shape index (κ1) is 22.1. The van der Waals surface area contributed by atoms with Gasteiger partial charge >= 0.3 is 11.9 Å². The molecule has 0 spiro atoms. The minimum Gasteiger partial charge on any atom is -0.472 e. The molecule has 2 aliphatic heterocycles. The molecule has 5 aliphatic rings. The topological polar surface area (TPSA) is 92.0 Å². The summed E-state index contributed by atoms with van der Waals surface area (Å²) in [6.45, 7) is 8.14. The van der Waals surface area contributed by atoms with Crippen LogP contribution < -0.4 is 0 Å². The van der Waals surface area contributed by atoms with E-state index < -0.39 is 28.5 Å². The Hall–Kier alpha value is -2.41. The third-order valence-corrected chi connectivity index (χ3v) is 10.3. The van der Waals surface area contributed by atoms with Crippen LogP contribution in [-0.4, -0.2) is 43.1 Å². The number of Topliss-reactive ketones (excluding diaryl/α,β-unsaturated/α-hetero) is 1. The number of hydrogen-bond acceptors (Lipinski definition) is 7. The summed E-state index contributed by atoms with van der Waals surface area (Å²) < 4.78 is 23.3. The third-order valence-electron chi connectivity index (χ3n) is 10.3. The highest BCUT2D eigenvalue weighted by atomic mass is 16.6. The number of furan rings is 1. The molecular weight excluding hydrogens is 436 g/mol. The van der Waals surface area contributed by atoms with Crippen molar-refractivity contribution >= 4 is 17.7 Å². The molecule has 3 heterocycles. The van der Waals surface area contributed by atoms with E-state index in [0.717, 1.165) is 17.6 Å². The number of fused-ring (bicyclic) bond motifs is 4. The average molecular weight is 469 g/mol. The van der Waals surface area contributed by atoms with Crippen LogP contribution in [0.2, 0.25) is 0 Å². The van der Waals surface area contributed by atoms with E-state index in [2.05, 4.69) is 13.8 Å². The largest absolute Gasteiger partial charge is 0.472 e. The summed E-state index contributed by atoms with van der Waals surface area (Å²) in [6.07, 6.45) is 4.04. The molecule has 7 heteroatoms. The van der Waals surface area contributed by atoms with Crippen LogP contribution in [0, 0.1) is 28.1 Å². The van der Waals surface area contributed by atoms with Crippen LogP contribution in [0.5, 0.6) is 0 Å². The van der Waals surface area contributed by atoms with Crippen LogP contribution >= 0.6 is 0 Å². The van der Waals surface area contributed by atoms with Crippen LogP contribution in [0.15, 0.2) is 34.2 Å². The van der Waals surface area contributed by atoms with E-state index in [1.54, 1.807) is 12.5 Å². The standard InChI is InChI=1S/C27H32O7/c1-13-15(14-7-9-32-12-14)10-16-20(13)27(4)17(11-19(29)31-5)26(3)18(28)6-8-25(2)22(26)21(23(27)33-16)34-24(25)30/h7,9,12,15-17,21-23H,6,8,10-11H2,1-5H3/t15-,16-,17-,21-,22+,23+,25-,26-,27-/m1/s1. The normalized spacial score (nSPS) is 46.7. The molecule has 3 aliphatic carbocycles. The molecule has 0 bridgehead atoms. The van der Waals surface area contributed by atoms with Crippen LogP contribution in [0.3, 0.4) is 0 Å². The average Bonchev–Trinajstić information content (AvgIpc) is 3.54. The molecule has 0 aromatic carbocycles. The summed E-state index contributed by atoms with van der Waals surface area (Å²) in [4.78, 5) is 39.8. The number of esters is 2. The van der Waals surface area contributed by atoms with E-state index in [1.807, 2.05) is 19.9 Å². The lowest BCUT2D eigenvalue weighted by atomic mass is 9.40. The van der Waals surface area contributed by atoms with E-state index in [-0.39, 0.29) is 48.0 Å². The van der Waals surface area contributed by atoms with Crippen molar-refractivity contribution in [1.29, 1.82) is 0 Å². The fraction of sp³-hybridized carbons (Fsp3) is 0.667. The highest BCUT2D eigenvalue weighted by molar-refractivity contribution is 5.92. The lowest BCUT2D eigenvalue weighted by Crippen LogP contribution is -2.67. The minimum absolute atomic E-state index is 0.0997. The van der Waals surface area contributed by atoms with Gasteiger partial charge in [0.25, 0.3) is 0 Å². The zero-order valence-corrected chi connectivity index (χ0v) is 20.4. The Kier molecular flexibility index (Phi) is 4.44. The second kappa shape index (κ2) is 6.84. The first-order chi connectivity index (χ1) is 16.1. The van der Waals surface area contributed by atoms with Crippen molar-refractivity contribution in [3.8, 4) is 0 Å². The summed E-state index contributed by atoms with van der Waals surface area (Å²) in [5, 5.41) is 0. The molecule has 6 rings (SSSR count). The van der Waals surface area contributed by atoms with Gasteiger partial charge in [-0.3, -0.25) is 14.4 Å². The van der Waals surface area contributed by atoms with Crippen molar-refractivity contribution in [2.24, 2.45) is 28.1 Å². The quantitative estimate of drug-likeness (QED) is 0.490. The molecule has 182 valence electrons. The smallest absolute Gasteiger partial charge is 0.312 e. The van der Waals surface area contributed by atoms with Crippen LogP contribution in [-0.2, 0) is 28.6 Å². The summed E-state index contributed by atoms with van der Waals surface area (Å²) >= 11 is 0. The second-order valence-corrected chi connectivity index (χ2v) is 11.6.